The Morgan fingerprint density at radius 2 is 1.80 bits per heavy atom. The summed E-state index contributed by atoms with van der Waals surface area (Å²) in [6.07, 6.45) is 0.402. The predicted octanol–water partition coefficient (Wildman–Crippen LogP) is 5.53. The molecule has 1 atom stereocenters. The van der Waals surface area contributed by atoms with Gasteiger partial charge in [-0.1, -0.05) is 38.4 Å². The smallest absolute Gasteiger partial charge is 0.335 e. The van der Waals surface area contributed by atoms with Gasteiger partial charge in [-0.05, 0) is 48.7 Å². The molecule has 0 bridgehead atoms. The standard InChI is InChI=1S/C22H25ClN2O4S/c1-13(20(27)25-18-10-14(21(28)29)8-9-17(18)23)30-16-7-5-6-15(11-16)24-19(26)12-22(2,3)4/h5-11,13H,12H2,1-4H3,(H,24,26)(H,25,27)(H,28,29). The largest absolute Gasteiger partial charge is 0.478 e. The minimum absolute atomic E-state index is 0.0358. The molecule has 0 fully saturated rings. The van der Waals surface area contributed by atoms with Crippen LogP contribution in [0.4, 0.5) is 11.4 Å². The number of amides is 2. The number of thioether (sulfide) groups is 1. The van der Waals surface area contributed by atoms with Gasteiger partial charge in [0.2, 0.25) is 11.8 Å². The van der Waals surface area contributed by atoms with E-state index in [-0.39, 0.29) is 33.5 Å². The van der Waals surface area contributed by atoms with E-state index in [1.54, 1.807) is 13.0 Å². The highest BCUT2D eigenvalue weighted by Crippen LogP contribution is 2.29. The first-order valence-corrected chi connectivity index (χ1v) is 10.6. The van der Waals surface area contributed by atoms with Gasteiger partial charge in [0.05, 0.1) is 21.5 Å². The molecule has 0 saturated carbocycles. The summed E-state index contributed by atoms with van der Waals surface area (Å²) >= 11 is 7.39. The molecule has 0 heterocycles. The van der Waals surface area contributed by atoms with Crippen molar-refractivity contribution >= 4 is 52.5 Å². The van der Waals surface area contributed by atoms with E-state index in [1.807, 2.05) is 39.0 Å². The van der Waals surface area contributed by atoms with Gasteiger partial charge in [-0.3, -0.25) is 9.59 Å². The fourth-order valence-corrected chi connectivity index (χ4v) is 3.67. The van der Waals surface area contributed by atoms with E-state index in [2.05, 4.69) is 10.6 Å². The maximum atomic E-state index is 12.6. The van der Waals surface area contributed by atoms with Gasteiger partial charge in [-0.25, -0.2) is 4.79 Å². The Labute approximate surface area is 185 Å². The molecule has 2 amide bonds. The van der Waals surface area contributed by atoms with Crippen molar-refractivity contribution in [3.63, 3.8) is 0 Å². The lowest BCUT2D eigenvalue weighted by atomic mass is 9.92. The topological polar surface area (TPSA) is 95.5 Å². The second-order valence-corrected chi connectivity index (χ2v) is 9.88. The number of carbonyl (C=O) groups is 3. The van der Waals surface area contributed by atoms with Gasteiger partial charge in [-0.15, -0.1) is 11.8 Å². The van der Waals surface area contributed by atoms with Crippen LogP contribution < -0.4 is 10.6 Å². The second kappa shape index (κ2) is 10.00. The summed E-state index contributed by atoms with van der Waals surface area (Å²) in [6, 6.07) is 11.4. The van der Waals surface area contributed by atoms with E-state index in [0.29, 0.717) is 12.1 Å². The summed E-state index contributed by atoms with van der Waals surface area (Å²) in [5.41, 5.74) is 0.840. The number of anilines is 2. The molecule has 0 spiro atoms. The van der Waals surface area contributed by atoms with Crippen LogP contribution in [0.15, 0.2) is 47.4 Å². The molecule has 30 heavy (non-hydrogen) atoms. The number of nitrogens with one attached hydrogen (secondary N) is 2. The molecule has 0 radical (unpaired) electrons. The summed E-state index contributed by atoms with van der Waals surface area (Å²) < 4.78 is 0. The molecule has 0 aromatic heterocycles. The maximum Gasteiger partial charge on any atom is 0.335 e. The first-order valence-electron chi connectivity index (χ1n) is 9.35. The molecule has 0 aliphatic rings. The Bertz CT molecular complexity index is 956. The minimum Gasteiger partial charge on any atom is -0.478 e. The molecule has 2 aromatic rings. The molecule has 1 unspecified atom stereocenters. The first kappa shape index (κ1) is 23.8. The zero-order valence-electron chi connectivity index (χ0n) is 17.3. The zero-order chi connectivity index (χ0) is 22.5. The average Bonchev–Trinajstić information content (AvgIpc) is 2.61. The van der Waals surface area contributed by atoms with Crippen LogP contribution in [0.2, 0.25) is 5.02 Å². The lowest BCUT2D eigenvalue weighted by molar-refractivity contribution is -0.118. The molecule has 3 N–H and O–H groups in total. The van der Waals surface area contributed by atoms with Gasteiger partial charge in [-0.2, -0.15) is 0 Å². The lowest BCUT2D eigenvalue weighted by Gasteiger charge is -2.17. The van der Waals surface area contributed by atoms with Crippen LogP contribution in [0.1, 0.15) is 44.5 Å². The highest BCUT2D eigenvalue weighted by Gasteiger charge is 2.18. The summed E-state index contributed by atoms with van der Waals surface area (Å²) in [4.78, 5) is 36.6. The molecule has 160 valence electrons. The predicted molar refractivity (Wildman–Crippen MR) is 122 cm³/mol. The monoisotopic (exact) mass is 448 g/mol. The van der Waals surface area contributed by atoms with E-state index in [0.717, 1.165) is 4.90 Å². The Morgan fingerprint density at radius 1 is 1.10 bits per heavy atom. The molecule has 0 aliphatic carbocycles. The number of carboxylic acid groups (broad SMARTS) is 1. The number of carboxylic acids is 1. The molecule has 6 nitrogen and oxygen atoms in total. The zero-order valence-corrected chi connectivity index (χ0v) is 18.9. The second-order valence-electron chi connectivity index (χ2n) is 8.06. The van der Waals surface area contributed by atoms with E-state index in [4.69, 9.17) is 16.7 Å². The van der Waals surface area contributed by atoms with Crippen LogP contribution in [0.25, 0.3) is 0 Å². The highest BCUT2D eigenvalue weighted by atomic mass is 35.5. The molecule has 0 saturated heterocycles. The number of benzene rings is 2. The van der Waals surface area contributed by atoms with Crippen molar-refractivity contribution in [1.29, 1.82) is 0 Å². The fraction of sp³-hybridized carbons (Fsp3) is 0.318. The van der Waals surface area contributed by atoms with Gasteiger partial charge in [0.1, 0.15) is 0 Å². The van der Waals surface area contributed by atoms with Gasteiger partial charge in [0.25, 0.3) is 0 Å². The van der Waals surface area contributed by atoms with Crippen LogP contribution in [0.3, 0.4) is 0 Å². The van der Waals surface area contributed by atoms with Crippen molar-refractivity contribution in [2.75, 3.05) is 10.6 Å². The van der Waals surface area contributed by atoms with Gasteiger partial charge in [0, 0.05) is 17.0 Å². The van der Waals surface area contributed by atoms with Crippen LogP contribution in [-0.2, 0) is 9.59 Å². The third-order valence-electron chi connectivity index (χ3n) is 3.96. The summed E-state index contributed by atoms with van der Waals surface area (Å²) in [7, 11) is 0. The van der Waals surface area contributed by atoms with E-state index in [1.165, 1.54) is 30.0 Å². The van der Waals surface area contributed by atoms with Gasteiger partial charge in [0.15, 0.2) is 0 Å². The number of carbonyl (C=O) groups excluding carboxylic acids is 2. The van der Waals surface area contributed by atoms with Crippen molar-refractivity contribution in [2.24, 2.45) is 5.41 Å². The van der Waals surface area contributed by atoms with Gasteiger partial charge < -0.3 is 15.7 Å². The summed E-state index contributed by atoms with van der Waals surface area (Å²) in [6.45, 7) is 7.73. The van der Waals surface area contributed by atoms with E-state index < -0.39 is 11.2 Å². The highest BCUT2D eigenvalue weighted by molar-refractivity contribution is 8.00. The lowest BCUT2D eigenvalue weighted by Crippen LogP contribution is -2.22. The summed E-state index contributed by atoms with van der Waals surface area (Å²) in [5.74, 6) is -1.48. The van der Waals surface area contributed by atoms with Crippen molar-refractivity contribution in [2.45, 2.75) is 44.3 Å². The number of rotatable bonds is 7. The molecular formula is C22H25ClN2O4S. The molecular weight excluding hydrogens is 424 g/mol. The quantitative estimate of drug-likeness (QED) is 0.484. The fourth-order valence-electron chi connectivity index (χ4n) is 2.58. The number of hydrogen-bond donors (Lipinski definition) is 3. The molecule has 0 aliphatic heterocycles. The van der Waals surface area contributed by atoms with Crippen molar-refractivity contribution in [3.8, 4) is 0 Å². The van der Waals surface area contributed by atoms with Crippen LogP contribution >= 0.6 is 23.4 Å². The third-order valence-corrected chi connectivity index (χ3v) is 5.39. The Kier molecular flexibility index (Phi) is 7.92. The van der Waals surface area contributed by atoms with Crippen molar-refractivity contribution < 1.29 is 19.5 Å². The van der Waals surface area contributed by atoms with Gasteiger partial charge >= 0.3 is 5.97 Å². The van der Waals surface area contributed by atoms with Crippen LogP contribution in [-0.4, -0.2) is 28.1 Å². The number of aromatic carboxylic acids is 1. The maximum absolute atomic E-state index is 12.6. The first-order chi connectivity index (χ1) is 13.9. The molecule has 2 rings (SSSR count). The molecule has 2 aromatic carbocycles. The summed E-state index contributed by atoms with van der Waals surface area (Å²) in [5, 5.41) is 14.4. The Hall–Kier alpha value is -2.51. The van der Waals surface area contributed by atoms with Crippen molar-refractivity contribution in [1.82, 2.24) is 0 Å². The minimum atomic E-state index is -1.10. The van der Waals surface area contributed by atoms with E-state index >= 15 is 0 Å². The Morgan fingerprint density at radius 3 is 2.43 bits per heavy atom. The molecule has 8 heteroatoms. The average molecular weight is 449 g/mol. The van der Waals surface area contributed by atoms with Crippen LogP contribution in [0.5, 0.6) is 0 Å². The number of halogens is 1. The Balaban J connectivity index is 2.03. The van der Waals surface area contributed by atoms with Crippen molar-refractivity contribution in [3.05, 3.63) is 53.1 Å². The SMILES string of the molecule is CC(Sc1cccc(NC(=O)CC(C)(C)C)c1)C(=O)Nc1cc(C(=O)O)ccc1Cl. The number of hydrogen-bond acceptors (Lipinski definition) is 4. The third kappa shape index (κ3) is 7.39. The van der Waals surface area contributed by atoms with Crippen LogP contribution in [0, 0.1) is 5.41 Å². The van der Waals surface area contributed by atoms with E-state index in [9.17, 15) is 14.4 Å². The normalized spacial score (nSPS) is 12.2.